The third-order valence-corrected chi connectivity index (χ3v) is 3.98. The van der Waals surface area contributed by atoms with Gasteiger partial charge in [-0.25, -0.2) is 0 Å². The van der Waals surface area contributed by atoms with Gasteiger partial charge < -0.3 is 29.2 Å². The standard InChI is InChI=1S/C18H18O7/c1-22-14-6-11(7-15(23-2)17(14)21)18-16(9-20)24-12-4-3-10(8-19)5-13(12)25-18/h3-8,16,18,20-21H,9H2,1-2H3/t16-,18-/m0/s1. The van der Waals surface area contributed by atoms with Crippen LogP contribution in [0.1, 0.15) is 22.0 Å². The number of carbonyl (C=O) groups is 1. The summed E-state index contributed by atoms with van der Waals surface area (Å²) in [6.07, 6.45) is -0.639. The molecule has 0 bridgehead atoms. The molecule has 0 aliphatic carbocycles. The highest BCUT2D eigenvalue weighted by Crippen LogP contribution is 2.44. The van der Waals surface area contributed by atoms with Gasteiger partial charge in [-0.3, -0.25) is 4.79 Å². The van der Waals surface area contributed by atoms with E-state index in [1.807, 2.05) is 0 Å². The molecule has 0 unspecified atom stereocenters. The zero-order chi connectivity index (χ0) is 18.0. The molecule has 2 N–H and O–H groups in total. The molecule has 0 radical (unpaired) electrons. The maximum atomic E-state index is 11.0. The van der Waals surface area contributed by atoms with Crippen LogP contribution in [0, 0.1) is 0 Å². The van der Waals surface area contributed by atoms with Crippen molar-refractivity contribution in [2.45, 2.75) is 12.2 Å². The van der Waals surface area contributed by atoms with Crippen molar-refractivity contribution in [1.29, 1.82) is 0 Å². The van der Waals surface area contributed by atoms with E-state index in [9.17, 15) is 15.0 Å². The average molecular weight is 346 g/mol. The number of aromatic hydroxyl groups is 1. The zero-order valence-electron chi connectivity index (χ0n) is 13.8. The molecule has 0 saturated carbocycles. The lowest BCUT2D eigenvalue weighted by molar-refractivity contribution is -0.0125. The van der Waals surface area contributed by atoms with Crippen LogP contribution < -0.4 is 18.9 Å². The van der Waals surface area contributed by atoms with Gasteiger partial charge in [-0.2, -0.15) is 0 Å². The van der Waals surface area contributed by atoms with Crippen molar-refractivity contribution >= 4 is 6.29 Å². The molecule has 1 aliphatic heterocycles. The number of aliphatic hydroxyl groups is 1. The van der Waals surface area contributed by atoms with Crippen molar-refractivity contribution < 1.29 is 34.0 Å². The van der Waals surface area contributed by atoms with Crippen LogP contribution in [-0.4, -0.2) is 43.4 Å². The van der Waals surface area contributed by atoms with Crippen LogP contribution in [0.25, 0.3) is 0 Å². The Morgan fingerprint density at radius 1 is 1.08 bits per heavy atom. The molecule has 7 heteroatoms. The lowest BCUT2D eigenvalue weighted by Gasteiger charge is -2.33. The van der Waals surface area contributed by atoms with E-state index in [0.29, 0.717) is 28.9 Å². The number of aliphatic hydroxyl groups excluding tert-OH is 1. The van der Waals surface area contributed by atoms with Crippen LogP contribution in [0.2, 0.25) is 0 Å². The van der Waals surface area contributed by atoms with Crippen molar-refractivity contribution in [1.82, 2.24) is 0 Å². The van der Waals surface area contributed by atoms with E-state index in [-0.39, 0.29) is 23.9 Å². The number of phenolic OH excluding ortho intramolecular Hbond substituents is 1. The summed E-state index contributed by atoms with van der Waals surface area (Å²) in [7, 11) is 2.84. The molecule has 2 aromatic carbocycles. The summed E-state index contributed by atoms with van der Waals surface area (Å²) in [6, 6.07) is 7.97. The van der Waals surface area contributed by atoms with Crippen molar-refractivity contribution in [3.63, 3.8) is 0 Å². The summed E-state index contributed by atoms with van der Waals surface area (Å²) >= 11 is 0. The number of hydrogen-bond donors (Lipinski definition) is 2. The SMILES string of the molecule is COc1cc([C@@H]2Oc3cc(C=O)ccc3O[C@H]2CO)cc(OC)c1O. The normalized spacial score (nSPS) is 18.5. The summed E-state index contributed by atoms with van der Waals surface area (Å²) in [5.41, 5.74) is 1.04. The van der Waals surface area contributed by atoms with Crippen LogP contribution in [0.15, 0.2) is 30.3 Å². The van der Waals surface area contributed by atoms with Gasteiger partial charge in [0.2, 0.25) is 5.75 Å². The number of benzene rings is 2. The average Bonchev–Trinajstić information content (AvgIpc) is 2.66. The third kappa shape index (κ3) is 3.06. The number of ether oxygens (including phenoxy) is 4. The Morgan fingerprint density at radius 2 is 1.76 bits per heavy atom. The summed E-state index contributed by atoms with van der Waals surface area (Å²) in [5.74, 6) is 1.13. The largest absolute Gasteiger partial charge is 0.502 e. The first-order valence-electron chi connectivity index (χ1n) is 7.59. The molecular formula is C18H18O7. The number of methoxy groups -OCH3 is 2. The minimum absolute atomic E-state index is 0.130. The first-order chi connectivity index (χ1) is 12.1. The highest BCUT2D eigenvalue weighted by molar-refractivity contribution is 5.76. The smallest absolute Gasteiger partial charge is 0.200 e. The van der Waals surface area contributed by atoms with E-state index < -0.39 is 12.2 Å². The van der Waals surface area contributed by atoms with Gasteiger partial charge in [0.15, 0.2) is 35.2 Å². The van der Waals surface area contributed by atoms with Crippen LogP contribution in [0.3, 0.4) is 0 Å². The van der Waals surface area contributed by atoms with Crippen molar-refractivity contribution in [3.05, 3.63) is 41.5 Å². The third-order valence-electron chi connectivity index (χ3n) is 3.98. The molecule has 0 spiro atoms. The molecule has 3 rings (SSSR count). The molecular weight excluding hydrogens is 328 g/mol. The Balaban J connectivity index is 2.04. The Labute approximate surface area is 144 Å². The second-order valence-corrected chi connectivity index (χ2v) is 5.48. The molecule has 0 saturated heterocycles. The Kier molecular flexibility index (Phi) is 4.67. The van der Waals surface area contributed by atoms with E-state index in [1.165, 1.54) is 14.2 Å². The fraction of sp³-hybridized carbons (Fsp3) is 0.278. The molecule has 1 heterocycles. The van der Waals surface area contributed by atoms with E-state index in [2.05, 4.69) is 0 Å². The van der Waals surface area contributed by atoms with Gasteiger partial charge in [0.05, 0.1) is 20.8 Å². The molecule has 0 aromatic heterocycles. The number of carbonyl (C=O) groups excluding carboxylic acids is 1. The molecule has 0 fully saturated rings. The first-order valence-corrected chi connectivity index (χ1v) is 7.59. The minimum Gasteiger partial charge on any atom is -0.502 e. The van der Waals surface area contributed by atoms with Crippen molar-refractivity contribution in [2.75, 3.05) is 20.8 Å². The summed E-state index contributed by atoms with van der Waals surface area (Å²) in [4.78, 5) is 11.0. The van der Waals surface area contributed by atoms with Gasteiger partial charge in [-0.1, -0.05) is 0 Å². The fourth-order valence-corrected chi connectivity index (χ4v) is 2.72. The van der Waals surface area contributed by atoms with E-state index >= 15 is 0 Å². The molecule has 25 heavy (non-hydrogen) atoms. The lowest BCUT2D eigenvalue weighted by atomic mass is 10.0. The maximum absolute atomic E-state index is 11.0. The highest BCUT2D eigenvalue weighted by Gasteiger charge is 2.34. The second kappa shape index (κ2) is 6.90. The number of phenols is 1. The Hall–Kier alpha value is -2.93. The lowest BCUT2D eigenvalue weighted by Crippen LogP contribution is -2.36. The summed E-state index contributed by atoms with van der Waals surface area (Å²) in [5, 5.41) is 19.7. The number of aldehydes is 1. The number of hydrogen-bond acceptors (Lipinski definition) is 7. The predicted molar refractivity (Wildman–Crippen MR) is 87.9 cm³/mol. The second-order valence-electron chi connectivity index (χ2n) is 5.48. The number of fused-ring (bicyclic) bond motifs is 1. The van der Waals surface area contributed by atoms with Gasteiger partial charge in [0.1, 0.15) is 6.29 Å². The molecule has 2 atom stereocenters. The topological polar surface area (TPSA) is 94.5 Å². The minimum atomic E-state index is -0.678. The molecule has 1 aliphatic rings. The van der Waals surface area contributed by atoms with Gasteiger partial charge in [-0.15, -0.1) is 0 Å². The monoisotopic (exact) mass is 346 g/mol. The van der Waals surface area contributed by atoms with Crippen LogP contribution >= 0.6 is 0 Å². The number of rotatable bonds is 5. The van der Waals surface area contributed by atoms with Crippen molar-refractivity contribution in [3.8, 4) is 28.7 Å². The van der Waals surface area contributed by atoms with E-state index in [1.54, 1.807) is 30.3 Å². The van der Waals surface area contributed by atoms with Crippen LogP contribution in [0.4, 0.5) is 0 Å². The molecule has 132 valence electrons. The molecule has 2 aromatic rings. The predicted octanol–water partition coefficient (Wildman–Crippen LogP) is 2.10. The van der Waals surface area contributed by atoms with Gasteiger partial charge >= 0.3 is 0 Å². The fourth-order valence-electron chi connectivity index (χ4n) is 2.72. The highest BCUT2D eigenvalue weighted by atomic mass is 16.6. The van der Waals surface area contributed by atoms with Crippen LogP contribution in [-0.2, 0) is 0 Å². The Morgan fingerprint density at radius 3 is 2.32 bits per heavy atom. The Bertz CT molecular complexity index is 762. The van der Waals surface area contributed by atoms with Gasteiger partial charge in [-0.05, 0) is 30.3 Å². The summed E-state index contributed by atoms with van der Waals surface area (Å²) < 4.78 is 22.1. The van der Waals surface area contributed by atoms with E-state index in [4.69, 9.17) is 18.9 Å². The van der Waals surface area contributed by atoms with E-state index in [0.717, 1.165) is 0 Å². The summed E-state index contributed by atoms with van der Waals surface area (Å²) in [6.45, 7) is -0.287. The molecule has 0 amide bonds. The first kappa shape index (κ1) is 16.9. The molecule has 7 nitrogen and oxygen atoms in total. The zero-order valence-corrected chi connectivity index (χ0v) is 13.8. The van der Waals surface area contributed by atoms with Crippen LogP contribution in [0.5, 0.6) is 28.7 Å². The van der Waals surface area contributed by atoms with Gasteiger partial charge in [0.25, 0.3) is 0 Å². The quantitative estimate of drug-likeness (QED) is 0.801. The van der Waals surface area contributed by atoms with Gasteiger partial charge in [0, 0.05) is 11.1 Å². The van der Waals surface area contributed by atoms with Crippen molar-refractivity contribution in [2.24, 2.45) is 0 Å². The maximum Gasteiger partial charge on any atom is 0.200 e.